The Morgan fingerprint density at radius 1 is 1.24 bits per heavy atom. The number of amides is 1. The number of rotatable bonds is 6. The molecule has 0 spiro atoms. The van der Waals surface area contributed by atoms with Crippen molar-refractivity contribution in [3.8, 4) is 11.3 Å². The Kier molecular flexibility index (Phi) is 6.76. The highest BCUT2D eigenvalue weighted by Gasteiger charge is 2.17. The number of nitrogens with zero attached hydrogens (tertiary/aromatic N) is 4. The summed E-state index contributed by atoms with van der Waals surface area (Å²) < 4.78 is 0. The maximum atomic E-state index is 12.6. The number of anilines is 2. The summed E-state index contributed by atoms with van der Waals surface area (Å²) >= 11 is 12.5. The van der Waals surface area contributed by atoms with Crippen LogP contribution in [0.1, 0.15) is 24.4 Å². The average Bonchev–Trinajstić information content (AvgIpc) is 3.20. The third kappa shape index (κ3) is 5.42. The minimum absolute atomic E-state index is 0.300. The van der Waals surface area contributed by atoms with E-state index < -0.39 is 6.04 Å². The van der Waals surface area contributed by atoms with Crippen molar-refractivity contribution in [2.45, 2.75) is 13.0 Å². The number of carbonyl (C=O) groups excluding carboxylic acids is 1. The molecule has 168 valence electrons. The number of benzene rings is 2. The van der Waals surface area contributed by atoms with Gasteiger partial charge in [0.05, 0.1) is 18.3 Å². The normalized spacial score (nSPS) is 14.1. The van der Waals surface area contributed by atoms with Gasteiger partial charge >= 0.3 is 0 Å². The zero-order valence-electron chi connectivity index (χ0n) is 17.7. The fraction of sp³-hybridized carbons (Fsp3) is 0.130. The topological polar surface area (TPSA) is 112 Å². The minimum atomic E-state index is -0.403. The molecule has 1 aliphatic rings. The molecule has 10 heteroatoms. The zero-order chi connectivity index (χ0) is 23.4. The molecule has 33 heavy (non-hydrogen) atoms. The van der Waals surface area contributed by atoms with E-state index in [0.717, 1.165) is 16.8 Å². The number of hydrazone groups is 1. The Hall–Kier alpha value is -3.62. The number of halogens is 2. The van der Waals surface area contributed by atoms with Crippen molar-refractivity contribution in [3.63, 3.8) is 0 Å². The molecular weight excluding hydrogens is 461 g/mol. The predicted molar refractivity (Wildman–Crippen MR) is 135 cm³/mol. The first-order valence-electron chi connectivity index (χ1n) is 10.1. The van der Waals surface area contributed by atoms with Crippen LogP contribution in [-0.2, 0) is 4.79 Å². The minimum Gasteiger partial charge on any atom is -0.399 e. The summed E-state index contributed by atoms with van der Waals surface area (Å²) in [5, 5.41) is 9.74. The van der Waals surface area contributed by atoms with Gasteiger partial charge in [0, 0.05) is 34.1 Å². The lowest BCUT2D eigenvalue weighted by atomic mass is 10.1. The molecule has 0 fully saturated rings. The first-order valence-corrected chi connectivity index (χ1v) is 10.9. The second-order valence-corrected chi connectivity index (χ2v) is 8.11. The van der Waals surface area contributed by atoms with Crippen LogP contribution in [0.4, 0.5) is 11.4 Å². The van der Waals surface area contributed by atoms with E-state index in [9.17, 15) is 4.79 Å². The van der Waals surface area contributed by atoms with Crippen LogP contribution < -0.4 is 16.1 Å². The molecule has 4 N–H and O–H groups in total. The van der Waals surface area contributed by atoms with Gasteiger partial charge in [-0.25, -0.2) is 9.99 Å². The average molecular weight is 482 g/mol. The molecule has 1 unspecified atom stereocenters. The highest BCUT2D eigenvalue weighted by molar-refractivity contribution is 6.32. The second-order valence-electron chi connectivity index (χ2n) is 7.30. The zero-order valence-corrected chi connectivity index (χ0v) is 19.2. The van der Waals surface area contributed by atoms with Crippen LogP contribution in [0.5, 0.6) is 0 Å². The van der Waals surface area contributed by atoms with Crippen molar-refractivity contribution in [2.24, 2.45) is 10.1 Å². The van der Waals surface area contributed by atoms with E-state index in [0.29, 0.717) is 33.9 Å². The van der Waals surface area contributed by atoms with Gasteiger partial charge in [-0.1, -0.05) is 35.3 Å². The van der Waals surface area contributed by atoms with E-state index in [1.165, 1.54) is 6.08 Å². The number of carbonyl (C=O) groups is 1. The SMILES string of the molecule is CC(NC(=O)/C=C/c1cc(Cl)ccc1N1C=NCC=N1)c1nc(-c2ccc(N)cc2)c(Cl)[nH]1. The number of aliphatic imine (C=N–C) groups is 1. The van der Waals surface area contributed by atoms with Gasteiger partial charge in [-0.15, -0.1) is 0 Å². The van der Waals surface area contributed by atoms with Crippen molar-refractivity contribution in [2.75, 3.05) is 17.3 Å². The van der Waals surface area contributed by atoms with E-state index in [1.807, 2.05) is 25.1 Å². The molecule has 1 aliphatic heterocycles. The fourth-order valence-corrected chi connectivity index (χ4v) is 3.65. The molecule has 1 aromatic heterocycles. The summed E-state index contributed by atoms with van der Waals surface area (Å²) in [5.41, 5.74) is 9.29. The number of hydrogen-bond donors (Lipinski definition) is 3. The highest BCUT2D eigenvalue weighted by Crippen LogP contribution is 2.28. The third-order valence-electron chi connectivity index (χ3n) is 4.87. The Labute approximate surface area is 200 Å². The first kappa shape index (κ1) is 22.6. The molecule has 2 aromatic carbocycles. The quantitative estimate of drug-likeness (QED) is 0.350. The molecule has 0 aliphatic carbocycles. The van der Waals surface area contributed by atoms with Gasteiger partial charge in [0.1, 0.15) is 23.0 Å². The van der Waals surface area contributed by atoms with Gasteiger partial charge < -0.3 is 16.0 Å². The highest BCUT2D eigenvalue weighted by atomic mass is 35.5. The number of imidazole rings is 1. The van der Waals surface area contributed by atoms with Crippen molar-refractivity contribution in [3.05, 3.63) is 70.1 Å². The molecule has 0 radical (unpaired) electrons. The number of H-pyrrole nitrogens is 1. The van der Waals surface area contributed by atoms with Gasteiger partial charge in [0.15, 0.2) is 0 Å². The summed E-state index contributed by atoms with van der Waals surface area (Å²) in [4.78, 5) is 24.3. The summed E-state index contributed by atoms with van der Waals surface area (Å²) in [6.07, 6.45) is 6.43. The van der Waals surface area contributed by atoms with Crippen LogP contribution >= 0.6 is 23.2 Å². The number of aromatic amines is 1. The van der Waals surface area contributed by atoms with Crippen LogP contribution in [0.25, 0.3) is 17.3 Å². The first-order chi connectivity index (χ1) is 15.9. The Morgan fingerprint density at radius 3 is 2.76 bits per heavy atom. The maximum Gasteiger partial charge on any atom is 0.244 e. The van der Waals surface area contributed by atoms with Crippen LogP contribution in [0.2, 0.25) is 10.2 Å². The standard InChI is InChI=1S/C23H21Cl2N7O/c1-14(23-30-21(22(25)31-23)15-2-6-18(26)7-3-15)29-20(33)9-4-16-12-17(24)5-8-19(16)32-13-27-10-11-28-32/h2-9,11-14H,10,26H2,1H3,(H,29,33)(H,30,31)/b9-4+. The van der Waals surface area contributed by atoms with Crippen molar-refractivity contribution in [1.29, 1.82) is 0 Å². The number of nitrogens with one attached hydrogen (secondary N) is 2. The van der Waals surface area contributed by atoms with Crippen molar-refractivity contribution in [1.82, 2.24) is 15.3 Å². The summed E-state index contributed by atoms with van der Waals surface area (Å²) in [5.74, 6) is 0.238. The van der Waals surface area contributed by atoms with Crippen molar-refractivity contribution < 1.29 is 4.79 Å². The molecule has 1 atom stereocenters. The number of nitrogen functional groups attached to an aromatic ring is 1. The molecular formula is C23H21Cl2N7O. The summed E-state index contributed by atoms with van der Waals surface area (Å²) in [7, 11) is 0. The third-order valence-corrected chi connectivity index (χ3v) is 5.37. The van der Waals surface area contributed by atoms with Crippen LogP contribution in [0.3, 0.4) is 0 Å². The Morgan fingerprint density at radius 2 is 2.03 bits per heavy atom. The largest absolute Gasteiger partial charge is 0.399 e. The molecule has 3 aromatic rings. The fourth-order valence-electron chi connectivity index (χ4n) is 3.22. The van der Waals surface area contributed by atoms with Gasteiger partial charge in [-0.2, -0.15) is 5.10 Å². The van der Waals surface area contributed by atoms with Crippen molar-refractivity contribution >= 4 is 59.1 Å². The van der Waals surface area contributed by atoms with Crippen LogP contribution in [0.15, 0.2) is 58.6 Å². The molecule has 0 saturated carbocycles. The monoisotopic (exact) mass is 481 g/mol. The lowest BCUT2D eigenvalue weighted by Crippen LogP contribution is -2.25. The Balaban J connectivity index is 1.47. The van der Waals surface area contributed by atoms with Gasteiger partial charge in [0.25, 0.3) is 0 Å². The molecule has 0 bridgehead atoms. The molecule has 0 saturated heterocycles. The Bertz CT molecular complexity index is 1240. The second kappa shape index (κ2) is 9.89. The van der Waals surface area contributed by atoms with Gasteiger partial charge in [0.2, 0.25) is 5.91 Å². The molecule has 8 nitrogen and oxygen atoms in total. The van der Waals surface area contributed by atoms with Gasteiger partial charge in [-0.05, 0) is 43.3 Å². The number of hydrogen-bond acceptors (Lipinski definition) is 6. The lowest BCUT2D eigenvalue weighted by molar-refractivity contribution is -0.117. The summed E-state index contributed by atoms with van der Waals surface area (Å²) in [6.45, 7) is 2.35. The van der Waals surface area contributed by atoms with E-state index in [1.54, 1.807) is 47.9 Å². The van der Waals surface area contributed by atoms with Crippen LogP contribution in [0, 0.1) is 0 Å². The predicted octanol–water partition coefficient (Wildman–Crippen LogP) is 4.69. The molecule has 1 amide bonds. The maximum absolute atomic E-state index is 12.6. The van der Waals surface area contributed by atoms with Crippen LogP contribution in [-0.4, -0.2) is 35.0 Å². The number of nitrogens with two attached hydrogens (primary N) is 1. The van der Waals surface area contributed by atoms with E-state index >= 15 is 0 Å². The van der Waals surface area contributed by atoms with E-state index in [2.05, 4.69) is 25.4 Å². The molecule has 4 rings (SSSR count). The lowest BCUT2D eigenvalue weighted by Gasteiger charge is -2.18. The summed E-state index contributed by atoms with van der Waals surface area (Å²) in [6, 6.07) is 12.2. The van der Waals surface area contributed by atoms with E-state index in [4.69, 9.17) is 28.9 Å². The smallest absolute Gasteiger partial charge is 0.244 e. The van der Waals surface area contributed by atoms with E-state index in [-0.39, 0.29) is 5.91 Å². The van der Waals surface area contributed by atoms with Gasteiger partial charge in [-0.3, -0.25) is 9.79 Å². The molecule has 2 heterocycles. The number of aromatic nitrogens is 2.